The van der Waals surface area contributed by atoms with E-state index in [-0.39, 0.29) is 12.0 Å². The number of halogens is 1. The second-order valence-electron chi connectivity index (χ2n) is 5.93. The van der Waals surface area contributed by atoms with Gasteiger partial charge in [-0.3, -0.25) is 4.79 Å². The van der Waals surface area contributed by atoms with Crippen LogP contribution >= 0.6 is 11.6 Å². The number of hydrogen-bond acceptors (Lipinski definition) is 4. The van der Waals surface area contributed by atoms with E-state index in [1.807, 2.05) is 19.1 Å². The number of carbonyl (C=O) groups excluding carboxylic acids is 2. The number of nitrogens with zero attached hydrogens (tertiary/aromatic N) is 2. The van der Waals surface area contributed by atoms with Crippen LogP contribution in [0.4, 0.5) is 4.79 Å². The highest BCUT2D eigenvalue weighted by atomic mass is 35.5. The smallest absolute Gasteiger partial charge is 0.409 e. The third-order valence-electron chi connectivity index (χ3n) is 4.09. The molecule has 7 heteroatoms. The highest BCUT2D eigenvalue weighted by Gasteiger charge is 2.24. The van der Waals surface area contributed by atoms with E-state index in [0.29, 0.717) is 57.3 Å². The molecular formula is C18H25ClN2O4. The molecule has 0 bridgehead atoms. The van der Waals surface area contributed by atoms with Crippen LogP contribution in [0.5, 0.6) is 5.75 Å². The first-order valence-corrected chi connectivity index (χ1v) is 8.97. The summed E-state index contributed by atoms with van der Waals surface area (Å²) in [6, 6.07) is 5.48. The van der Waals surface area contributed by atoms with E-state index in [2.05, 4.69) is 0 Å². The van der Waals surface area contributed by atoms with Crippen molar-refractivity contribution in [2.75, 3.05) is 39.4 Å². The summed E-state index contributed by atoms with van der Waals surface area (Å²) in [5.41, 5.74) is 0.980. The van der Waals surface area contributed by atoms with E-state index in [9.17, 15) is 9.59 Å². The normalized spacial score (nSPS) is 14.4. The Morgan fingerprint density at radius 3 is 2.48 bits per heavy atom. The molecule has 25 heavy (non-hydrogen) atoms. The van der Waals surface area contributed by atoms with Gasteiger partial charge < -0.3 is 19.3 Å². The van der Waals surface area contributed by atoms with Crippen LogP contribution in [-0.4, -0.2) is 61.2 Å². The van der Waals surface area contributed by atoms with Crippen LogP contribution in [0.15, 0.2) is 18.2 Å². The monoisotopic (exact) mass is 368 g/mol. The Kier molecular flexibility index (Phi) is 7.37. The van der Waals surface area contributed by atoms with Crippen LogP contribution in [0.2, 0.25) is 5.02 Å². The molecule has 138 valence electrons. The summed E-state index contributed by atoms with van der Waals surface area (Å²) in [7, 11) is 0. The lowest BCUT2D eigenvalue weighted by Crippen LogP contribution is -2.50. The fourth-order valence-electron chi connectivity index (χ4n) is 2.69. The van der Waals surface area contributed by atoms with Crippen molar-refractivity contribution in [1.29, 1.82) is 0 Å². The van der Waals surface area contributed by atoms with E-state index >= 15 is 0 Å². The lowest BCUT2D eigenvalue weighted by atomic mass is 10.2. The first-order chi connectivity index (χ1) is 12.0. The Morgan fingerprint density at radius 2 is 1.84 bits per heavy atom. The van der Waals surface area contributed by atoms with Gasteiger partial charge >= 0.3 is 6.09 Å². The average molecular weight is 369 g/mol. The van der Waals surface area contributed by atoms with Gasteiger partial charge in [0.15, 0.2) is 0 Å². The van der Waals surface area contributed by atoms with E-state index in [4.69, 9.17) is 21.1 Å². The van der Waals surface area contributed by atoms with Crippen molar-refractivity contribution in [2.24, 2.45) is 0 Å². The van der Waals surface area contributed by atoms with E-state index < -0.39 is 0 Å². The van der Waals surface area contributed by atoms with Crippen LogP contribution in [0.3, 0.4) is 0 Å². The van der Waals surface area contributed by atoms with Gasteiger partial charge in [-0.05, 0) is 44.0 Å². The number of carbonyl (C=O) groups is 2. The zero-order valence-corrected chi connectivity index (χ0v) is 15.6. The van der Waals surface area contributed by atoms with E-state index in [1.165, 1.54) is 0 Å². The molecule has 0 N–H and O–H groups in total. The van der Waals surface area contributed by atoms with Crippen molar-refractivity contribution < 1.29 is 19.1 Å². The molecule has 6 nitrogen and oxygen atoms in total. The first-order valence-electron chi connectivity index (χ1n) is 8.59. The second-order valence-corrected chi connectivity index (χ2v) is 6.37. The van der Waals surface area contributed by atoms with Crippen molar-refractivity contribution in [2.45, 2.75) is 26.7 Å². The molecule has 0 aliphatic carbocycles. The minimum Gasteiger partial charge on any atom is -0.493 e. The predicted molar refractivity (Wildman–Crippen MR) is 96.1 cm³/mol. The molecule has 1 heterocycles. The fraction of sp³-hybridized carbons (Fsp3) is 0.556. The minimum atomic E-state index is -0.304. The molecule has 2 amide bonds. The van der Waals surface area contributed by atoms with Crippen molar-refractivity contribution in [1.82, 2.24) is 9.80 Å². The first kappa shape index (κ1) is 19.4. The maximum atomic E-state index is 12.2. The second kappa shape index (κ2) is 9.51. The molecule has 1 aromatic rings. The fourth-order valence-corrected chi connectivity index (χ4v) is 2.92. The molecule has 1 aliphatic rings. The molecule has 0 spiro atoms. The van der Waals surface area contributed by atoms with Crippen molar-refractivity contribution in [3.63, 3.8) is 0 Å². The predicted octanol–water partition coefficient (Wildman–Crippen LogP) is 3.11. The van der Waals surface area contributed by atoms with Crippen LogP contribution in [0.1, 0.15) is 25.3 Å². The number of rotatable bonds is 6. The van der Waals surface area contributed by atoms with Gasteiger partial charge in [0.2, 0.25) is 5.91 Å². The Hall–Kier alpha value is -1.95. The van der Waals surface area contributed by atoms with Gasteiger partial charge in [-0.1, -0.05) is 11.6 Å². The summed E-state index contributed by atoms with van der Waals surface area (Å²) in [6.07, 6.45) is 0.784. The summed E-state index contributed by atoms with van der Waals surface area (Å²) in [5, 5.41) is 0.682. The van der Waals surface area contributed by atoms with Gasteiger partial charge in [-0.25, -0.2) is 4.79 Å². The van der Waals surface area contributed by atoms with Crippen LogP contribution < -0.4 is 4.74 Å². The van der Waals surface area contributed by atoms with Crippen molar-refractivity contribution in [3.8, 4) is 5.75 Å². The summed E-state index contributed by atoms with van der Waals surface area (Å²) < 4.78 is 10.7. The minimum absolute atomic E-state index is 0.0972. The van der Waals surface area contributed by atoms with Crippen LogP contribution in [0.25, 0.3) is 0 Å². The molecule has 1 fully saturated rings. The maximum Gasteiger partial charge on any atom is 0.409 e. The average Bonchev–Trinajstić information content (AvgIpc) is 2.60. The summed E-state index contributed by atoms with van der Waals surface area (Å²) in [5.74, 6) is 0.889. The maximum absolute atomic E-state index is 12.2. The lowest BCUT2D eigenvalue weighted by molar-refractivity contribution is -0.133. The van der Waals surface area contributed by atoms with Gasteiger partial charge in [0.1, 0.15) is 5.75 Å². The number of aryl methyl sites for hydroxylation is 1. The molecule has 2 rings (SSSR count). The van der Waals surface area contributed by atoms with Crippen LogP contribution in [-0.2, 0) is 9.53 Å². The van der Waals surface area contributed by atoms with Gasteiger partial charge in [-0.15, -0.1) is 0 Å². The molecule has 0 atom stereocenters. The Balaban J connectivity index is 1.67. The molecule has 0 saturated carbocycles. The SMILES string of the molecule is CCOC(=O)N1CCN(C(=O)CCCOc2ccc(Cl)cc2C)CC1. The number of ether oxygens (including phenoxy) is 2. The number of piperazine rings is 1. The van der Waals surface area contributed by atoms with Gasteiger partial charge in [-0.2, -0.15) is 0 Å². The summed E-state index contributed by atoms with van der Waals surface area (Å²) in [6.45, 7) is 6.71. The Labute approximate surface area is 153 Å². The Bertz CT molecular complexity index is 601. The highest BCUT2D eigenvalue weighted by Crippen LogP contribution is 2.22. The molecule has 1 aromatic carbocycles. The topological polar surface area (TPSA) is 59.1 Å². The number of hydrogen-bond donors (Lipinski definition) is 0. The molecular weight excluding hydrogens is 344 g/mol. The third kappa shape index (κ3) is 5.81. The number of amides is 2. The third-order valence-corrected chi connectivity index (χ3v) is 4.32. The van der Waals surface area contributed by atoms with E-state index in [0.717, 1.165) is 11.3 Å². The van der Waals surface area contributed by atoms with Crippen LogP contribution in [0, 0.1) is 6.92 Å². The standard InChI is InChI=1S/C18H25ClN2O4/c1-3-24-18(23)21-10-8-20(9-11-21)17(22)5-4-12-25-16-7-6-15(19)13-14(16)2/h6-7,13H,3-5,8-12H2,1-2H3. The lowest BCUT2D eigenvalue weighted by Gasteiger charge is -2.34. The molecule has 0 radical (unpaired) electrons. The highest BCUT2D eigenvalue weighted by molar-refractivity contribution is 6.30. The molecule has 0 aromatic heterocycles. The molecule has 1 saturated heterocycles. The van der Waals surface area contributed by atoms with E-state index in [1.54, 1.807) is 22.8 Å². The van der Waals surface area contributed by atoms with Gasteiger partial charge in [0.05, 0.1) is 13.2 Å². The number of benzene rings is 1. The zero-order chi connectivity index (χ0) is 18.2. The molecule has 0 unspecified atom stereocenters. The zero-order valence-electron chi connectivity index (χ0n) is 14.8. The quantitative estimate of drug-likeness (QED) is 0.724. The van der Waals surface area contributed by atoms with Crippen molar-refractivity contribution in [3.05, 3.63) is 28.8 Å². The Morgan fingerprint density at radius 1 is 1.16 bits per heavy atom. The van der Waals surface area contributed by atoms with Gasteiger partial charge in [0, 0.05) is 37.6 Å². The largest absolute Gasteiger partial charge is 0.493 e. The molecule has 1 aliphatic heterocycles. The summed E-state index contributed by atoms with van der Waals surface area (Å²) in [4.78, 5) is 27.3. The van der Waals surface area contributed by atoms with Gasteiger partial charge in [0.25, 0.3) is 0 Å². The summed E-state index contributed by atoms with van der Waals surface area (Å²) >= 11 is 5.92. The van der Waals surface area contributed by atoms with Crippen molar-refractivity contribution >= 4 is 23.6 Å².